The molecule has 1 aliphatic rings. The lowest BCUT2D eigenvalue weighted by atomic mass is 10.2. The minimum absolute atomic E-state index is 0.187. The summed E-state index contributed by atoms with van der Waals surface area (Å²) >= 11 is 5.22. The largest absolute Gasteiger partial charge is 0.399 e. The fourth-order valence-corrected chi connectivity index (χ4v) is 5.71. The minimum atomic E-state index is -3.05. The third kappa shape index (κ3) is 3.69. The monoisotopic (exact) mass is 378 g/mol. The molecule has 112 valence electrons. The third-order valence-corrected chi connectivity index (χ3v) is 7.56. The Balaban J connectivity index is 2.23. The molecule has 1 aromatic rings. The Labute approximate surface area is 133 Å². The van der Waals surface area contributed by atoms with Gasteiger partial charge in [-0.25, -0.2) is 8.42 Å². The van der Waals surface area contributed by atoms with E-state index in [-0.39, 0.29) is 11.1 Å². The molecular formula is C13H19BrN2O2S2. The van der Waals surface area contributed by atoms with Gasteiger partial charge in [0.2, 0.25) is 0 Å². The predicted octanol–water partition coefficient (Wildman–Crippen LogP) is 2.34. The summed E-state index contributed by atoms with van der Waals surface area (Å²) in [5.41, 5.74) is 7.55. The van der Waals surface area contributed by atoms with Crippen molar-refractivity contribution in [3.05, 3.63) is 28.2 Å². The van der Waals surface area contributed by atoms with E-state index >= 15 is 0 Å². The van der Waals surface area contributed by atoms with Gasteiger partial charge in [-0.15, -0.1) is 0 Å². The molecule has 20 heavy (non-hydrogen) atoms. The van der Waals surface area contributed by atoms with Crippen molar-refractivity contribution in [2.24, 2.45) is 0 Å². The van der Waals surface area contributed by atoms with Crippen molar-refractivity contribution in [2.75, 3.05) is 29.5 Å². The highest BCUT2D eigenvalue weighted by atomic mass is 79.9. The molecule has 1 fully saturated rings. The van der Waals surface area contributed by atoms with E-state index in [9.17, 15) is 8.42 Å². The molecule has 0 bridgehead atoms. The van der Waals surface area contributed by atoms with Crippen LogP contribution in [0.5, 0.6) is 0 Å². The number of hydrogen-bond acceptors (Lipinski definition) is 5. The van der Waals surface area contributed by atoms with Gasteiger partial charge in [-0.2, -0.15) is 11.8 Å². The Morgan fingerprint density at radius 1 is 1.50 bits per heavy atom. The molecule has 2 N–H and O–H groups in total. The molecule has 0 amide bonds. The first kappa shape index (κ1) is 16.1. The second-order valence-electron chi connectivity index (χ2n) is 4.80. The topological polar surface area (TPSA) is 63.4 Å². The maximum Gasteiger partial charge on any atom is 0.166 e. The highest BCUT2D eigenvalue weighted by Gasteiger charge is 2.32. The number of hydrogen-bond donors (Lipinski definition) is 1. The van der Waals surface area contributed by atoms with Gasteiger partial charge in [0.15, 0.2) is 9.84 Å². The van der Waals surface area contributed by atoms with Crippen molar-refractivity contribution in [1.82, 2.24) is 4.90 Å². The maximum atomic E-state index is 12.2. The highest BCUT2D eigenvalue weighted by molar-refractivity contribution is 9.10. The molecule has 0 radical (unpaired) electrons. The first-order valence-corrected chi connectivity index (χ1v) is 10.2. The Hall–Kier alpha value is -0.240. The van der Waals surface area contributed by atoms with Crippen molar-refractivity contribution >= 4 is 43.2 Å². The second kappa shape index (κ2) is 6.68. The highest BCUT2D eigenvalue weighted by Crippen LogP contribution is 2.27. The van der Waals surface area contributed by atoms with E-state index in [0.717, 1.165) is 22.3 Å². The lowest BCUT2D eigenvalue weighted by Crippen LogP contribution is -2.47. The average Bonchev–Trinajstić information content (AvgIpc) is 2.43. The molecule has 1 saturated heterocycles. The number of rotatable bonds is 4. The fourth-order valence-electron chi connectivity index (χ4n) is 2.25. The number of anilines is 1. The third-order valence-electron chi connectivity index (χ3n) is 3.45. The molecule has 7 heteroatoms. The Kier molecular flexibility index (Phi) is 5.39. The number of nitrogens with two attached hydrogens (primary N) is 1. The molecule has 4 nitrogen and oxygen atoms in total. The summed E-state index contributed by atoms with van der Waals surface area (Å²) in [6, 6.07) is 5.65. The van der Waals surface area contributed by atoms with E-state index in [1.54, 1.807) is 18.7 Å². The normalized spacial score (nSPS) is 21.0. The van der Waals surface area contributed by atoms with E-state index in [2.05, 4.69) is 20.8 Å². The van der Waals surface area contributed by atoms with Crippen molar-refractivity contribution < 1.29 is 8.42 Å². The van der Waals surface area contributed by atoms with Gasteiger partial charge < -0.3 is 5.73 Å². The quantitative estimate of drug-likeness (QED) is 0.814. The van der Waals surface area contributed by atoms with E-state index in [1.807, 2.05) is 18.2 Å². The van der Waals surface area contributed by atoms with Gasteiger partial charge in [0.25, 0.3) is 0 Å². The van der Waals surface area contributed by atoms with Crippen LogP contribution in [0.2, 0.25) is 0 Å². The number of nitrogens with zero attached hydrogens (tertiary/aromatic N) is 1. The van der Waals surface area contributed by atoms with Crippen LogP contribution in [0.25, 0.3) is 0 Å². The van der Waals surface area contributed by atoms with Gasteiger partial charge in [-0.3, -0.25) is 4.90 Å². The Morgan fingerprint density at radius 2 is 2.25 bits per heavy atom. The minimum Gasteiger partial charge on any atom is -0.399 e. The van der Waals surface area contributed by atoms with Crippen LogP contribution in [0.1, 0.15) is 12.5 Å². The summed E-state index contributed by atoms with van der Waals surface area (Å²) in [6.07, 6.45) is 0. The summed E-state index contributed by atoms with van der Waals surface area (Å²) in [5.74, 6) is 1.80. The second-order valence-corrected chi connectivity index (χ2v) is 9.25. The van der Waals surface area contributed by atoms with Crippen LogP contribution < -0.4 is 5.73 Å². The number of benzene rings is 1. The summed E-state index contributed by atoms with van der Waals surface area (Å²) < 4.78 is 25.4. The van der Waals surface area contributed by atoms with Crippen LogP contribution in [0, 0.1) is 0 Å². The number of nitrogen functional groups attached to an aromatic ring is 1. The molecule has 1 atom stereocenters. The van der Waals surface area contributed by atoms with Crippen molar-refractivity contribution in [1.29, 1.82) is 0 Å². The van der Waals surface area contributed by atoms with Crippen molar-refractivity contribution in [3.8, 4) is 0 Å². The molecule has 0 spiro atoms. The molecular weight excluding hydrogens is 360 g/mol. The number of sulfone groups is 1. The fraction of sp³-hybridized carbons (Fsp3) is 0.538. The number of thioether (sulfide) groups is 1. The standard InChI is InChI=1S/C13H19BrN2O2S2/c1-2-20(17,18)13-9-19-6-5-16(13)8-10-7-11(15)3-4-12(10)14/h3-4,7,13H,2,5-6,8-9,15H2,1H3. The van der Waals surface area contributed by atoms with Crippen LogP contribution in [0.4, 0.5) is 5.69 Å². The van der Waals surface area contributed by atoms with E-state index in [0.29, 0.717) is 18.0 Å². The average molecular weight is 379 g/mol. The van der Waals surface area contributed by atoms with Crippen LogP contribution in [0.3, 0.4) is 0 Å². The van der Waals surface area contributed by atoms with Crippen LogP contribution in [-0.2, 0) is 16.4 Å². The van der Waals surface area contributed by atoms with Gasteiger partial charge in [0, 0.05) is 40.5 Å². The van der Waals surface area contributed by atoms with Gasteiger partial charge in [0.1, 0.15) is 5.37 Å². The molecule has 1 heterocycles. The summed E-state index contributed by atoms with van der Waals surface area (Å²) in [6.45, 7) is 3.11. The lowest BCUT2D eigenvalue weighted by molar-refractivity contribution is 0.261. The molecule has 2 rings (SSSR count). The zero-order valence-corrected chi connectivity index (χ0v) is 14.6. The molecule has 1 aromatic carbocycles. The number of halogens is 1. The Morgan fingerprint density at radius 3 is 2.95 bits per heavy atom. The zero-order valence-electron chi connectivity index (χ0n) is 11.4. The van der Waals surface area contributed by atoms with Crippen LogP contribution in [-0.4, -0.2) is 42.5 Å². The smallest absolute Gasteiger partial charge is 0.166 e. The van der Waals surface area contributed by atoms with E-state index < -0.39 is 9.84 Å². The first-order chi connectivity index (χ1) is 9.44. The molecule has 0 saturated carbocycles. The van der Waals surface area contributed by atoms with Crippen molar-refractivity contribution in [3.63, 3.8) is 0 Å². The van der Waals surface area contributed by atoms with Crippen LogP contribution in [0.15, 0.2) is 22.7 Å². The Bertz CT molecular complexity index is 578. The summed E-state index contributed by atoms with van der Waals surface area (Å²) in [4.78, 5) is 2.05. The van der Waals surface area contributed by atoms with Crippen molar-refractivity contribution in [2.45, 2.75) is 18.8 Å². The lowest BCUT2D eigenvalue weighted by Gasteiger charge is -2.34. The SMILES string of the molecule is CCS(=O)(=O)C1CSCCN1Cc1cc(N)ccc1Br. The summed E-state index contributed by atoms with van der Waals surface area (Å²) in [5, 5.41) is -0.389. The van der Waals surface area contributed by atoms with Gasteiger partial charge in [-0.1, -0.05) is 22.9 Å². The van der Waals surface area contributed by atoms with E-state index in [4.69, 9.17) is 5.73 Å². The summed E-state index contributed by atoms with van der Waals surface area (Å²) in [7, 11) is -3.05. The molecule has 1 aliphatic heterocycles. The van der Waals surface area contributed by atoms with Gasteiger partial charge in [0.05, 0.1) is 0 Å². The first-order valence-electron chi connectivity index (χ1n) is 6.51. The van der Waals surface area contributed by atoms with E-state index in [1.165, 1.54) is 0 Å². The van der Waals surface area contributed by atoms with Gasteiger partial charge in [-0.05, 0) is 23.8 Å². The molecule has 1 unspecified atom stereocenters. The predicted molar refractivity (Wildman–Crippen MR) is 89.5 cm³/mol. The zero-order chi connectivity index (χ0) is 14.8. The maximum absolute atomic E-state index is 12.2. The van der Waals surface area contributed by atoms with Crippen LogP contribution >= 0.6 is 27.7 Å². The molecule has 0 aliphatic carbocycles. The van der Waals surface area contributed by atoms with Gasteiger partial charge >= 0.3 is 0 Å². The molecule has 0 aromatic heterocycles.